The van der Waals surface area contributed by atoms with Gasteiger partial charge >= 0.3 is 0 Å². The first-order valence-electron chi connectivity index (χ1n) is 4.70. The Morgan fingerprint density at radius 3 is 2.54 bits per heavy atom. The predicted octanol–water partition coefficient (Wildman–Crippen LogP) is 3.23. The second kappa shape index (κ2) is 4.12. The number of rotatable bonds is 1. The van der Waals surface area contributed by atoms with Crippen LogP contribution in [0.2, 0.25) is 5.02 Å². The summed E-state index contributed by atoms with van der Waals surface area (Å²) >= 11 is 6.12. The van der Waals surface area contributed by atoms with E-state index in [1.807, 2.05) is 12.1 Å². The van der Waals surface area contributed by atoms with E-state index in [0.717, 1.165) is 31.1 Å². The molecule has 0 atom stereocenters. The molecule has 0 bridgehead atoms. The Labute approximate surface area is 83.7 Å². The number of halogens is 1. The first kappa shape index (κ1) is 9.04. The summed E-state index contributed by atoms with van der Waals surface area (Å²) < 4.78 is 5.32. The highest BCUT2D eigenvalue weighted by atomic mass is 35.5. The molecule has 0 saturated carbocycles. The third-order valence-corrected chi connectivity index (χ3v) is 2.91. The average Bonchev–Trinajstić information content (AvgIpc) is 2.20. The second-order valence-corrected chi connectivity index (χ2v) is 3.82. The first-order chi connectivity index (χ1) is 6.38. The smallest absolute Gasteiger partial charge is 0.0471 e. The molecule has 0 amide bonds. The van der Waals surface area contributed by atoms with Gasteiger partial charge in [-0.1, -0.05) is 29.8 Å². The summed E-state index contributed by atoms with van der Waals surface area (Å²) in [7, 11) is 0. The molecule has 70 valence electrons. The number of ether oxygens (including phenoxy) is 1. The summed E-state index contributed by atoms with van der Waals surface area (Å²) in [4.78, 5) is 0. The second-order valence-electron chi connectivity index (χ2n) is 3.41. The molecule has 1 aromatic carbocycles. The van der Waals surface area contributed by atoms with Gasteiger partial charge in [-0.3, -0.25) is 0 Å². The van der Waals surface area contributed by atoms with Crippen molar-refractivity contribution >= 4 is 11.6 Å². The molecule has 0 aromatic heterocycles. The van der Waals surface area contributed by atoms with Gasteiger partial charge in [-0.25, -0.2) is 0 Å². The Morgan fingerprint density at radius 1 is 1.15 bits per heavy atom. The fraction of sp³-hybridized carbons (Fsp3) is 0.455. The van der Waals surface area contributed by atoms with Crippen molar-refractivity contribution in [3.63, 3.8) is 0 Å². The molecular formula is C11H13ClO. The molecule has 0 radical (unpaired) electrons. The van der Waals surface area contributed by atoms with Crippen LogP contribution in [0.3, 0.4) is 0 Å². The van der Waals surface area contributed by atoms with E-state index in [1.54, 1.807) is 0 Å². The van der Waals surface area contributed by atoms with Crippen LogP contribution in [-0.4, -0.2) is 13.2 Å². The molecule has 0 N–H and O–H groups in total. The van der Waals surface area contributed by atoms with Gasteiger partial charge in [0.15, 0.2) is 0 Å². The van der Waals surface area contributed by atoms with E-state index in [-0.39, 0.29) is 0 Å². The van der Waals surface area contributed by atoms with Crippen LogP contribution in [0, 0.1) is 0 Å². The standard InChI is InChI=1S/C11H13ClO/c12-11-4-2-1-3-10(11)9-5-7-13-8-6-9/h1-4,9H,5-8H2. The number of hydrogen-bond acceptors (Lipinski definition) is 1. The Bertz CT molecular complexity index is 279. The fourth-order valence-corrected chi connectivity index (χ4v) is 2.10. The third-order valence-electron chi connectivity index (χ3n) is 2.57. The third kappa shape index (κ3) is 2.04. The lowest BCUT2D eigenvalue weighted by molar-refractivity contribution is 0.0853. The summed E-state index contributed by atoms with van der Waals surface area (Å²) in [6.45, 7) is 1.74. The predicted molar refractivity (Wildman–Crippen MR) is 54.2 cm³/mol. The van der Waals surface area contributed by atoms with Crippen LogP contribution < -0.4 is 0 Å². The van der Waals surface area contributed by atoms with Crippen LogP contribution in [-0.2, 0) is 4.74 Å². The molecule has 2 rings (SSSR count). The van der Waals surface area contributed by atoms with Gasteiger partial charge in [-0.2, -0.15) is 0 Å². The van der Waals surface area contributed by atoms with Crippen molar-refractivity contribution in [1.29, 1.82) is 0 Å². The summed E-state index contributed by atoms with van der Waals surface area (Å²) in [6.07, 6.45) is 2.20. The van der Waals surface area contributed by atoms with Gasteiger partial charge in [0.2, 0.25) is 0 Å². The molecular weight excluding hydrogens is 184 g/mol. The van der Waals surface area contributed by atoms with Crippen molar-refractivity contribution in [2.45, 2.75) is 18.8 Å². The minimum Gasteiger partial charge on any atom is -0.381 e. The molecule has 2 heteroatoms. The van der Waals surface area contributed by atoms with Gasteiger partial charge in [0.25, 0.3) is 0 Å². The highest BCUT2D eigenvalue weighted by molar-refractivity contribution is 6.31. The normalized spacial score (nSPS) is 18.8. The maximum atomic E-state index is 6.12. The molecule has 1 aliphatic rings. The van der Waals surface area contributed by atoms with E-state index in [9.17, 15) is 0 Å². The lowest BCUT2D eigenvalue weighted by Gasteiger charge is -2.23. The summed E-state index contributed by atoms with van der Waals surface area (Å²) in [6, 6.07) is 8.12. The molecule has 1 aliphatic heterocycles. The zero-order valence-electron chi connectivity index (χ0n) is 7.50. The first-order valence-corrected chi connectivity index (χ1v) is 5.08. The summed E-state index contributed by atoms with van der Waals surface area (Å²) in [5.74, 6) is 0.599. The average molecular weight is 197 g/mol. The van der Waals surface area contributed by atoms with Crippen molar-refractivity contribution in [3.8, 4) is 0 Å². The molecule has 1 nitrogen and oxygen atoms in total. The van der Waals surface area contributed by atoms with E-state index >= 15 is 0 Å². The van der Waals surface area contributed by atoms with E-state index in [2.05, 4.69) is 12.1 Å². The van der Waals surface area contributed by atoms with E-state index in [0.29, 0.717) is 5.92 Å². The maximum absolute atomic E-state index is 6.12. The molecule has 1 fully saturated rings. The number of benzene rings is 1. The summed E-state index contributed by atoms with van der Waals surface area (Å²) in [5, 5.41) is 0.898. The molecule has 1 aromatic rings. The van der Waals surface area contributed by atoms with Gasteiger partial charge < -0.3 is 4.74 Å². The molecule has 0 unspecified atom stereocenters. The van der Waals surface area contributed by atoms with Crippen LogP contribution in [0.4, 0.5) is 0 Å². The molecule has 1 heterocycles. The molecule has 0 spiro atoms. The van der Waals surface area contributed by atoms with Crippen molar-refractivity contribution in [2.75, 3.05) is 13.2 Å². The summed E-state index contributed by atoms with van der Waals surface area (Å²) in [5.41, 5.74) is 1.28. The fourth-order valence-electron chi connectivity index (χ4n) is 1.81. The lowest BCUT2D eigenvalue weighted by atomic mass is 9.92. The van der Waals surface area contributed by atoms with Crippen molar-refractivity contribution in [1.82, 2.24) is 0 Å². The van der Waals surface area contributed by atoms with E-state index in [1.165, 1.54) is 5.56 Å². The maximum Gasteiger partial charge on any atom is 0.0471 e. The minimum absolute atomic E-state index is 0.599. The van der Waals surface area contributed by atoms with Crippen molar-refractivity contribution < 1.29 is 4.74 Å². The van der Waals surface area contributed by atoms with Crippen LogP contribution in [0.1, 0.15) is 24.3 Å². The molecule has 13 heavy (non-hydrogen) atoms. The van der Waals surface area contributed by atoms with Gasteiger partial charge in [0, 0.05) is 18.2 Å². The topological polar surface area (TPSA) is 9.23 Å². The Morgan fingerprint density at radius 2 is 1.85 bits per heavy atom. The minimum atomic E-state index is 0.599. The van der Waals surface area contributed by atoms with Gasteiger partial charge in [-0.15, -0.1) is 0 Å². The number of hydrogen-bond donors (Lipinski definition) is 0. The van der Waals surface area contributed by atoms with E-state index < -0.39 is 0 Å². The van der Waals surface area contributed by atoms with Gasteiger partial charge in [0.05, 0.1) is 0 Å². The lowest BCUT2D eigenvalue weighted by Crippen LogP contribution is -2.14. The van der Waals surface area contributed by atoms with Crippen molar-refractivity contribution in [3.05, 3.63) is 34.9 Å². The van der Waals surface area contributed by atoms with Crippen LogP contribution >= 0.6 is 11.6 Å². The quantitative estimate of drug-likeness (QED) is 0.670. The largest absolute Gasteiger partial charge is 0.381 e. The van der Waals surface area contributed by atoms with Gasteiger partial charge in [0.1, 0.15) is 0 Å². The zero-order valence-corrected chi connectivity index (χ0v) is 8.26. The Balaban J connectivity index is 2.18. The SMILES string of the molecule is Clc1ccccc1C1CCOCC1. The van der Waals surface area contributed by atoms with Crippen LogP contribution in [0.15, 0.2) is 24.3 Å². The van der Waals surface area contributed by atoms with Crippen LogP contribution in [0.5, 0.6) is 0 Å². The van der Waals surface area contributed by atoms with Crippen molar-refractivity contribution in [2.24, 2.45) is 0 Å². The van der Waals surface area contributed by atoms with Gasteiger partial charge in [-0.05, 0) is 30.4 Å². The molecule has 0 aliphatic carbocycles. The monoisotopic (exact) mass is 196 g/mol. The highest BCUT2D eigenvalue weighted by Crippen LogP contribution is 2.31. The van der Waals surface area contributed by atoms with Crippen LogP contribution in [0.25, 0.3) is 0 Å². The highest BCUT2D eigenvalue weighted by Gasteiger charge is 2.17. The Hall–Kier alpha value is -0.530. The van der Waals surface area contributed by atoms with E-state index in [4.69, 9.17) is 16.3 Å². The molecule has 1 saturated heterocycles. The zero-order chi connectivity index (χ0) is 9.10. The Kier molecular flexibility index (Phi) is 2.87.